The Morgan fingerprint density at radius 1 is 1.19 bits per heavy atom. The SMILES string of the molecule is Cc1ccc(N2CC(C(=O)Nc3ccc4c(ccn4CCN(C)C)c3)CC2=O)c(F)c1. The van der Waals surface area contributed by atoms with Gasteiger partial charge in [-0.1, -0.05) is 6.07 Å². The summed E-state index contributed by atoms with van der Waals surface area (Å²) in [6.07, 6.45) is 2.12. The van der Waals surface area contributed by atoms with Gasteiger partial charge in [0.1, 0.15) is 5.82 Å². The number of hydrogen-bond donors (Lipinski definition) is 1. The molecule has 2 amide bonds. The summed E-state index contributed by atoms with van der Waals surface area (Å²) in [5.41, 5.74) is 2.81. The van der Waals surface area contributed by atoms with Gasteiger partial charge in [-0.2, -0.15) is 0 Å². The van der Waals surface area contributed by atoms with E-state index < -0.39 is 11.7 Å². The van der Waals surface area contributed by atoms with Crippen LogP contribution >= 0.6 is 0 Å². The van der Waals surface area contributed by atoms with Crippen molar-refractivity contribution < 1.29 is 14.0 Å². The highest BCUT2D eigenvalue weighted by atomic mass is 19.1. The molecule has 162 valence electrons. The van der Waals surface area contributed by atoms with Crippen LogP contribution in [0.2, 0.25) is 0 Å². The second-order valence-corrected chi connectivity index (χ2v) is 8.44. The fourth-order valence-electron chi connectivity index (χ4n) is 3.97. The normalized spacial score (nSPS) is 16.5. The smallest absolute Gasteiger partial charge is 0.229 e. The molecule has 1 saturated heterocycles. The lowest BCUT2D eigenvalue weighted by Crippen LogP contribution is -2.28. The Bertz CT molecular complexity index is 1140. The van der Waals surface area contributed by atoms with Crippen molar-refractivity contribution in [2.45, 2.75) is 19.9 Å². The van der Waals surface area contributed by atoms with Gasteiger partial charge in [0, 0.05) is 48.8 Å². The maximum Gasteiger partial charge on any atom is 0.229 e. The van der Waals surface area contributed by atoms with Crippen LogP contribution in [0.5, 0.6) is 0 Å². The molecule has 1 aliphatic rings. The van der Waals surface area contributed by atoms with Crippen molar-refractivity contribution in [1.29, 1.82) is 0 Å². The number of nitrogens with one attached hydrogen (secondary N) is 1. The standard InChI is InChI=1S/C24H27FN4O2/c1-16-4-6-22(20(25)12-16)29-15-18(14-23(29)30)24(31)26-19-5-7-21-17(13-19)8-9-28(21)11-10-27(2)3/h4-9,12-13,18H,10-11,14-15H2,1-3H3,(H,26,31). The summed E-state index contributed by atoms with van der Waals surface area (Å²) in [5.74, 6) is -1.43. The predicted octanol–water partition coefficient (Wildman–Crippen LogP) is 3.64. The Morgan fingerprint density at radius 3 is 2.74 bits per heavy atom. The molecular formula is C24H27FN4O2. The van der Waals surface area contributed by atoms with Gasteiger partial charge in [0.25, 0.3) is 0 Å². The molecule has 7 heteroatoms. The van der Waals surface area contributed by atoms with Gasteiger partial charge >= 0.3 is 0 Å². The number of aromatic nitrogens is 1. The predicted molar refractivity (Wildman–Crippen MR) is 121 cm³/mol. The molecule has 4 rings (SSSR count). The van der Waals surface area contributed by atoms with Crippen molar-refractivity contribution in [3.05, 3.63) is 60.0 Å². The lowest BCUT2D eigenvalue weighted by molar-refractivity contribution is -0.122. The van der Waals surface area contributed by atoms with Crippen LogP contribution in [0.3, 0.4) is 0 Å². The van der Waals surface area contributed by atoms with Crippen LogP contribution in [0, 0.1) is 18.7 Å². The largest absolute Gasteiger partial charge is 0.346 e. The van der Waals surface area contributed by atoms with E-state index in [4.69, 9.17) is 0 Å². The summed E-state index contributed by atoms with van der Waals surface area (Å²) in [4.78, 5) is 28.7. The maximum absolute atomic E-state index is 14.3. The number of hydrogen-bond acceptors (Lipinski definition) is 3. The van der Waals surface area contributed by atoms with Gasteiger partial charge in [0.05, 0.1) is 11.6 Å². The summed E-state index contributed by atoms with van der Waals surface area (Å²) < 4.78 is 16.5. The lowest BCUT2D eigenvalue weighted by Gasteiger charge is -2.18. The summed E-state index contributed by atoms with van der Waals surface area (Å²) in [7, 11) is 4.09. The summed E-state index contributed by atoms with van der Waals surface area (Å²) >= 11 is 0. The molecule has 6 nitrogen and oxygen atoms in total. The molecule has 2 aromatic carbocycles. The number of anilines is 2. The van der Waals surface area contributed by atoms with E-state index >= 15 is 0 Å². The molecule has 1 aliphatic heterocycles. The van der Waals surface area contributed by atoms with Gasteiger partial charge in [-0.3, -0.25) is 9.59 Å². The van der Waals surface area contributed by atoms with Crippen LogP contribution in [0.1, 0.15) is 12.0 Å². The average molecular weight is 423 g/mol. The van der Waals surface area contributed by atoms with Crippen LogP contribution in [0.25, 0.3) is 10.9 Å². The van der Waals surface area contributed by atoms with Crippen molar-refractivity contribution in [1.82, 2.24) is 9.47 Å². The van der Waals surface area contributed by atoms with Gasteiger partial charge in [0.2, 0.25) is 11.8 Å². The highest BCUT2D eigenvalue weighted by molar-refractivity contribution is 6.04. The molecule has 0 bridgehead atoms. The number of carbonyl (C=O) groups excluding carboxylic acids is 2. The first kappa shape index (κ1) is 21.1. The first-order valence-corrected chi connectivity index (χ1v) is 10.4. The van der Waals surface area contributed by atoms with Crippen molar-refractivity contribution in [3.63, 3.8) is 0 Å². The third-order valence-electron chi connectivity index (χ3n) is 5.72. The van der Waals surface area contributed by atoms with Gasteiger partial charge in [-0.15, -0.1) is 0 Å². The molecule has 1 fully saturated rings. The zero-order valence-electron chi connectivity index (χ0n) is 18.1. The van der Waals surface area contributed by atoms with Crippen molar-refractivity contribution in [2.24, 2.45) is 5.92 Å². The topological polar surface area (TPSA) is 57.6 Å². The number of fused-ring (bicyclic) bond motifs is 1. The fraction of sp³-hybridized carbons (Fsp3) is 0.333. The molecule has 3 aromatic rings. The summed E-state index contributed by atoms with van der Waals surface area (Å²) in [6.45, 7) is 3.80. The highest BCUT2D eigenvalue weighted by Gasteiger charge is 2.36. The summed E-state index contributed by atoms with van der Waals surface area (Å²) in [5, 5.41) is 3.97. The van der Waals surface area contributed by atoms with Crippen LogP contribution in [-0.4, -0.2) is 48.5 Å². The van der Waals surface area contributed by atoms with E-state index in [1.165, 1.54) is 11.0 Å². The van der Waals surface area contributed by atoms with Crippen molar-refractivity contribution in [2.75, 3.05) is 37.4 Å². The molecule has 1 aromatic heterocycles. The molecule has 31 heavy (non-hydrogen) atoms. The minimum atomic E-state index is -0.520. The summed E-state index contributed by atoms with van der Waals surface area (Å²) in [6, 6.07) is 12.6. The monoisotopic (exact) mass is 422 g/mol. The minimum absolute atomic E-state index is 0.0717. The van der Waals surface area contributed by atoms with E-state index in [1.54, 1.807) is 19.1 Å². The molecule has 1 atom stereocenters. The number of carbonyl (C=O) groups is 2. The van der Waals surface area contributed by atoms with Gasteiger partial charge in [-0.25, -0.2) is 4.39 Å². The first-order valence-electron chi connectivity index (χ1n) is 10.4. The molecular weight excluding hydrogens is 395 g/mol. The molecule has 0 aliphatic carbocycles. The number of aryl methyl sites for hydroxylation is 1. The van der Waals surface area contributed by atoms with E-state index in [1.807, 2.05) is 44.6 Å². The number of benzene rings is 2. The Balaban J connectivity index is 1.44. The van der Waals surface area contributed by atoms with Crippen LogP contribution in [-0.2, 0) is 16.1 Å². The Morgan fingerprint density at radius 2 is 2.00 bits per heavy atom. The van der Waals surface area contributed by atoms with E-state index in [2.05, 4.69) is 14.8 Å². The first-order chi connectivity index (χ1) is 14.8. The molecule has 0 spiro atoms. The van der Waals surface area contributed by atoms with Crippen LogP contribution in [0.15, 0.2) is 48.7 Å². The van der Waals surface area contributed by atoms with E-state index in [9.17, 15) is 14.0 Å². The van der Waals surface area contributed by atoms with Crippen molar-refractivity contribution in [3.8, 4) is 0 Å². The van der Waals surface area contributed by atoms with Crippen LogP contribution < -0.4 is 10.2 Å². The Labute approximate surface area is 181 Å². The molecule has 1 N–H and O–H groups in total. The zero-order chi connectivity index (χ0) is 22.1. The Hall–Kier alpha value is -3.19. The number of likely N-dealkylation sites (N-methyl/N-ethyl adjacent to an activating group) is 1. The van der Waals surface area contributed by atoms with E-state index in [0.717, 1.165) is 29.6 Å². The number of nitrogens with zero attached hydrogens (tertiary/aromatic N) is 3. The van der Waals surface area contributed by atoms with E-state index in [-0.39, 0.29) is 30.5 Å². The average Bonchev–Trinajstić information content (AvgIpc) is 3.29. The van der Waals surface area contributed by atoms with Gasteiger partial charge < -0.3 is 19.7 Å². The number of amides is 2. The minimum Gasteiger partial charge on any atom is -0.346 e. The molecule has 0 radical (unpaired) electrons. The maximum atomic E-state index is 14.3. The molecule has 0 saturated carbocycles. The quantitative estimate of drug-likeness (QED) is 0.660. The van der Waals surface area contributed by atoms with Crippen LogP contribution in [0.4, 0.5) is 15.8 Å². The second kappa shape index (κ2) is 8.51. The molecule has 2 heterocycles. The lowest BCUT2D eigenvalue weighted by atomic mass is 10.1. The number of rotatable bonds is 6. The third-order valence-corrected chi connectivity index (χ3v) is 5.72. The van der Waals surface area contributed by atoms with Gasteiger partial charge in [0.15, 0.2) is 0 Å². The number of halogens is 1. The van der Waals surface area contributed by atoms with Crippen molar-refractivity contribution >= 4 is 34.1 Å². The zero-order valence-corrected chi connectivity index (χ0v) is 18.1. The third kappa shape index (κ3) is 4.46. The fourth-order valence-corrected chi connectivity index (χ4v) is 3.97. The molecule has 1 unspecified atom stereocenters. The van der Waals surface area contributed by atoms with E-state index in [0.29, 0.717) is 5.69 Å². The second-order valence-electron chi connectivity index (χ2n) is 8.44. The Kier molecular flexibility index (Phi) is 5.78. The van der Waals surface area contributed by atoms with Gasteiger partial charge in [-0.05, 0) is 63.0 Å². The highest BCUT2D eigenvalue weighted by Crippen LogP contribution is 2.29.